The Kier molecular flexibility index (Phi) is 6.43. The van der Waals surface area contributed by atoms with Gasteiger partial charge in [-0.25, -0.2) is 4.99 Å². The number of nitrogens with zero attached hydrogens (tertiary/aromatic N) is 1. The minimum absolute atomic E-state index is 0. The summed E-state index contributed by atoms with van der Waals surface area (Å²) in [4.78, 5) is 4.39. The Labute approximate surface area is 158 Å². The van der Waals surface area contributed by atoms with Crippen LogP contribution in [-0.2, 0) is 6.54 Å². The molecule has 0 radical (unpaired) electrons. The summed E-state index contributed by atoms with van der Waals surface area (Å²) in [5.41, 5.74) is 7.97. The van der Waals surface area contributed by atoms with E-state index in [4.69, 9.17) is 10.5 Å². The molecule has 0 bridgehead atoms. The van der Waals surface area contributed by atoms with Crippen LogP contribution in [0.5, 0.6) is 5.75 Å². The summed E-state index contributed by atoms with van der Waals surface area (Å²) in [5, 5.41) is 5.38. The van der Waals surface area contributed by atoms with Gasteiger partial charge >= 0.3 is 0 Å². The van der Waals surface area contributed by atoms with Gasteiger partial charge in [0.25, 0.3) is 0 Å². The molecule has 0 spiro atoms. The van der Waals surface area contributed by atoms with E-state index in [-0.39, 0.29) is 24.0 Å². The van der Waals surface area contributed by atoms with Gasteiger partial charge in [-0.2, -0.15) is 0 Å². The first-order chi connectivity index (χ1) is 11.2. The molecule has 0 saturated carbocycles. The molecule has 4 nitrogen and oxygen atoms in total. The smallest absolute Gasteiger partial charge is 0.193 e. The molecule has 3 N–H and O–H groups in total. The SMILES string of the molecule is COc1ccc2cc(CN=C(N)Nc3ccccc3)ccc2c1.I. The third-order valence-corrected chi connectivity index (χ3v) is 3.59. The van der Waals surface area contributed by atoms with Crippen LogP contribution in [0.4, 0.5) is 5.69 Å². The number of anilines is 1. The maximum atomic E-state index is 5.93. The lowest BCUT2D eigenvalue weighted by atomic mass is 10.1. The number of methoxy groups -OCH3 is 1. The number of hydrogen-bond acceptors (Lipinski definition) is 2. The van der Waals surface area contributed by atoms with E-state index >= 15 is 0 Å². The minimum Gasteiger partial charge on any atom is -0.497 e. The summed E-state index contributed by atoms with van der Waals surface area (Å²) in [6.45, 7) is 0.535. The first kappa shape index (κ1) is 18.1. The predicted octanol–water partition coefficient (Wildman–Crippen LogP) is 4.39. The number of para-hydroxylation sites is 1. The zero-order valence-corrected chi connectivity index (χ0v) is 15.7. The van der Waals surface area contributed by atoms with Crippen LogP contribution in [0.25, 0.3) is 10.8 Å². The van der Waals surface area contributed by atoms with Crippen LogP contribution in [0.1, 0.15) is 5.56 Å². The van der Waals surface area contributed by atoms with Crippen molar-refractivity contribution in [3.8, 4) is 5.75 Å². The molecule has 124 valence electrons. The highest BCUT2D eigenvalue weighted by atomic mass is 127. The van der Waals surface area contributed by atoms with E-state index in [2.05, 4.69) is 28.5 Å². The quantitative estimate of drug-likeness (QED) is 0.365. The first-order valence-corrected chi connectivity index (χ1v) is 7.43. The van der Waals surface area contributed by atoms with Gasteiger partial charge in [-0.05, 0) is 46.7 Å². The maximum absolute atomic E-state index is 5.93. The van der Waals surface area contributed by atoms with Crippen molar-refractivity contribution in [1.29, 1.82) is 0 Å². The number of nitrogens with one attached hydrogen (secondary N) is 1. The molecular weight excluding hydrogens is 413 g/mol. The maximum Gasteiger partial charge on any atom is 0.193 e. The van der Waals surface area contributed by atoms with Gasteiger partial charge in [-0.3, -0.25) is 0 Å². The second kappa shape index (κ2) is 8.54. The molecule has 0 aromatic heterocycles. The highest BCUT2D eigenvalue weighted by Crippen LogP contribution is 2.22. The highest BCUT2D eigenvalue weighted by Gasteiger charge is 1.99. The molecule has 0 aliphatic carbocycles. The molecule has 5 heteroatoms. The van der Waals surface area contributed by atoms with E-state index in [1.807, 2.05) is 48.5 Å². The highest BCUT2D eigenvalue weighted by molar-refractivity contribution is 14.0. The number of halogens is 1. The summed E-state index contributed by atoms with van der Waals surface area (Å²) in [6, 6.07) is 22.0. The fourth-order valence-corrected chi connectivity index (χ4v) is 2.38. The third-order valence-electron chi connectivity index (χ3n) is 3.59. The van der Waals surface area contributed by atoms with Gasteiger partial charge in [0.2, 0.25) is 0 Å². The number of guanidine groups is 1. The van der Waals surface area contributed by atoms with Gasteiger partial charge in [0.1, 0.15) is 5.75 Å². The Morgan fingerprint density at radius 1 is 1.00 bits per heavy atom. The van der Waals surface area contributed by atoms with E-state index in [1.165, 1.54) is 0 Å². The molecule has 0 saturated heterocycles. The van der Waals surface area contributed by atoms with Crippen LogP contribution in [-0.4, -0.2) is 13.1 Å². The summed E-state index contributed by atoms with van der Waals surface area (Å²) < 4.78 is 5.24. The monoisotopic (exact) mass is 433 g/mol. The first-order valence-electron chi connectivity index (χ1n) is 7.43. The Balaban J connectivity index is 0.00000208. The summed E-state index contributed by atoms with van der Waals surface area (Å²) in [6.07, 6.45) is 0. The van der Waals surface area contributed by atoms with E-state index in [0.29, 0.717) is 12.5 Å². The Hall–Kier alpha value is -2.28. The van der Waals surface area contributed by atoms with Gasteiger partial charge in [0.15, 0.2) is 5.96 Å². The molecule has 0 atom stereocenters. The molecule has 0 aliphatic heterocycles. The van der Waals surface area contributed by atoms with Crippen LogP contribution in [0, 0.1) is 0 Å². The van der Waals surface area contributed by atoms with Crippen molar-refractivity contribution >= 4 is 46.4 Å². The number of nitrogens with two attached hydrogens (primary N) is 1. The summed E-state index contributed by atoms with van der Waals surface area (Å²) in [7, 11) is 1.67. The fraction of sp³-hybridized carbons (Fsp3) is 0.105. The lowest BCUT2D eigenvalue weighted by molar-refractivity contribution is 0.415. The third kappa shape index (κ3) is 4.61. The number of fused-ring (bicyclic) bond motifs is 1. The van der Waals surface area contributed by atoms with Crippen molar-refractivity contribution in [1.82, 2.24) is 0 Å². The average molecular weight is 433 g/mol. The van der Waals surface area contributed by atoms with Gasteiger partial charge < -0.3 is 15.8 Å². The normalized spacial score (nSPS) is 11.0. The van der Waals surface area contributed by atoms with Crippen molar-refractivity contribution in [2.24, 2.45) is 10.7 Å². The van der Waals surface area contributed by atoms with Gasteiger partial charge in [0, 0.05) is 5.69 Å². The molecule has 0 unspecified atom stereocenters. The van der Waals surface area contributed by atoms with Crippen molar-refractivity contribution in [3.05, 3.63) is 72.3 Å². The average Bonchev–Trinajstić information content (AvgIpc) is 2.60. The molecule has 24 heavy (non-hydrogen) atoms. The minimum atomic E-state index is 0. The van der Waals surface area contributed by atoms with Gasteiger partial charge in [0.05, 0.1) is 13.7 Å². The predicted molar refractivity (Wildman–Crippen MR) is 111 cm³/mol. The lowest BCUT2D eigenvalue weighted by Gasteiger charge is -2.06. The zero-order valence-electron chi connectivity index (χ0n) is 13.4. The van der Waals surface area contributed by atoms with Gasteiger partial charge in [-0.1, -0.05) is 36.4 Å². The van der Waals surface area contributed by atoms with E-state index in [0.717, 1.165) is 27.8 Å². The number of hydrogen-bond donors (Lipinski definition) is 2. The molecule has 3 rings (SSSR count). The van der Waals surface area contributed by atoms with Crippen LogP contribution in [0.2, 0.25) is 0 Å². The van der Waals surface area contributed by atoms with Crippen molar-refractivity contribution in [2.45, 2.75) is 6.54 Å². The van der Waals surface area contributed by atoms with Crippen LogP contribution in [0.15, 0.2) is 71.7 Å². The van der Waals surface area contributed by atoms with Crippen molar-refractivity contribution in [2.75, 3.05) is 12.4 Å². The largest absolute Gasteiger partial charge is 0.497 e. The molecule has 3 aromatic rings. The Morgan fingerprint density at radius 2 is 1.71 bits per heavy atom. The Morgan fingerprint density at radius 3 is 2.46 bits per heavy atom. The fourth-order valence-electron chi connectivity index (χ4n) is 2.38. The lowest BCUT2D eigenvalue weighted by Crippen LogP contribution is -2.22. The summed E-state index contributed by atoms with van der Waals surface area (Å²) >= 11 is 0. The van der Waals surface area contributed by atoms with Crippen LogP contribution < -0.4 is 15.8 Å². The van der Waals surface area contributed by atoms with E-state index < -0.39 is 0 Å². The molecule has 0 fully saturated rings. The topological polar surface area (TPSA) is 59.6 Å². The molecular formula is C19H20IN3O. The number of ether oxygens (including phenoxy) is 1. The molecule has 3 aromatic carbocycles. The number of aliphatic imine (C=N–C) groups is 1. The number of benzene rings is 3. The van der Waals surface area contributed by atoms with Crippen LogP contribution in [0.3, 0.4) is 0 Å². The molecule has 0 aliphatic rings. The summed E-state index contributed by atoms with van der Waals surface area (Å²) in [5.74, 6) is 1.27. The number of rotatable bonds is 4. The standard InChI is InChI=1S/C19H19N3O.HI/c1-23-18-10-9-15-11-14(7-8-16(15)12-18)13-21-19(20)22-17-5-3-2-4-6-17;/h2-12H,13H2,1H3,(H3,20,21,22);1H. The van der Waals surface area contributed by atoms with Gasteiger partial charge in [-0.15, -0.1) is 24.0 Å². The second-order valence-corrected chi connectivity index (χ2v) is 5.24. The molecule has 0 amide bonds. The van der Waals surface area contributed by atoms with Crippen molar-refractivity contribution in [3.63, 3.8) is 0 Å². The second-order valence-electron chi connectivity index (χ2n) is 5.24. The zero-order chi connectivity index (χ0) is 16.1. The van der Waals surface area contributed by atoms with Crippen LogP contribution >= 0.6 is 24.0 Å². The van der Waals surface area contributed by atoms with E-state index in [1.54, 1.807) is 7.11 Å². The van der Waals surface area contributed by atoms with E-state index in [9.17, 15) is 0 Å². The Bertz CT molecular complexity index is 834. The van der Waals surface area contributed by atoms with Crippen molar-refractivity contribution < 1.29 is 4.74 Å². The molecule has 0 heterocycles.